The zero-order chi connectivity index (χ0) is 24.0. The van der Waals surface area contributed by atoms with Crippen LogP contribution in [0.3, 0.4) is 0 Å². The van der Waals surface area contributed by atoms with Gasteiger partial charge in [0.05, 0.1) is 30.4 Å². The van der Waals surface area contributed by atoms with E-state index in [0.29, 0.717) is 47.4 Å². The second kappa shape index (κ2) is 11.2. The van der Waals surface area contributed by atoms with Gasteiger partial charge in [-0.15, -0.1) is 0 Å². The number of halogens is 1. The van der Waals surface area contributed by atoms with Crippen LogP contribution in [0.25, 0.3) is 5.76 Å². The minimum Gasteiger partial charge on any atom is -0.507 e. The smallest absolute Gasteiger partial charge is 0.295 e. The van der Waals surface area contributed by atoms with E-state index in [2.05, 4.69) is 6.92 Å². The number of Topliss-reactive ketones (excluding diaryl/α,β-unsaturated/α-hetero) is 1. The lowest BCUT2D eigenvalue weighted by Crippen LogP contribution is -2.30. The van der Waals surface area contributed by atoms with Crippen molar-refractivity contribution in [2.24, 2.45) is 0 Å². The van der Waals surface area contributed by atoms with Gasteiger partial charge in [0, 0.05) is 17.6 Å². The molecule has 1 saturated heterocycles. The van der Waals surface area contributed by atoms with Crippen LogP contribution in [0.2, 0.25) is 5.02 Å². The first kappa shape index (κ1) is 24.6. The van der Waals surface area contributed by atoms with E-state index >= 15 is 0 Å². The maximum absolute atomic E-state index is 13.2. The molecule has 0 radical (unpaired) electrons. The molecule has 2 aromatic carbocycles. The average molecular weight is 472 g/mol. The van der Waals surface area contributed by atoms with Gasteiger partial charge in [0.2, 0.25) is 0 Å². The second-order valence-electron chi connectivity index (χ2n) is 7.78. The summed E-state index contributed by atoms with van der Waals surface area (Å²) in [6.07, 6.45) is 2.68. The van der Waals surface area contributed by atoms with Crippen LogP contribution in [0.5, 0.6) is 11.5 Å². The van der Waals surface area contributed by atoms with Crippen molar-refractivity contribution in [1.82, 2.24) is 4.90 Å². The Labute approximate surface area is 199 Å². The number of aliphatic hydroxyl groups is 1. The molecule has 176 valence electrons. The van der Waals surface area contributed by atoms with Crippen molar-refractivity contribution >= 4 is 29.1 Å². The molecule has 0 spiro atoms. The fourth-order valence-corrected chi connectivity index (χ4v) is 4.14. The van der Waals surface area contributed by atoms with E-state index in [1.807, 2.05) is 13.8 Å². The highest BCUT2D eigenvalue weighted by Crippen LogP contribution is 2.42. The Balaban J connectivity index is 2.15. The van der Waals surface area contributed by atoms with E-state index in [0.717, 1.165) is 19.3 Å². The highest BCUT2D eigenvalue weighted by atomic mass is 35.5. The monoisotopic (exact) mass is 471 g/mol. The molecule has 1 amide bonds. The fourth-order valence-electron chi connectivity index (χ4n) is 4.01. The third kappa shape index (κ3) is 5.33. The van der Waals surface area contributed by atoms with Gasteiger partial charge in [-0.2, -0.15) is 0 Å². The van der Waals surface area contributed by atoms with E-state index in [4.69, 9.17) is 21.1 Å². The normalized spacial score (nSPS) is 17.5. The number of carbonyl (C=O) groups excluding carboxylic acids is 2. The topological polar surface area (TPSA) is 76.1 Å². The van der Waals surface area contributed by atoms with Crippen molar-refractivity contribution in [3.63, 3.8) is 0 Å². The van der Waals surface area contributed by atoms with Crippen molar-refractivity contribution in [2.45, 2.75) is 46.1 Å². The predicted molar refractivity (Wildman–Crippen MR) is 129 cm³/mol. The molecule has 1 aliphatic heterocycles. The SMILES string of the molecule is CCCCCN1C(=O)C(=O)/C(=C(\O)c2ccc(OCC)cc2OCC)C1c1ccc(Cl)cc1. The first-order chi connectivity index (χ1) is 15.9. The lowest BCUT2D eigenvalue weighted by molar-refractivity contribution is -0.139. The van der Waals surface area contributed by atoms with E-state index in [9.17, 15) is 14.7 Å². The number of benzene rings is 2. The van der Waals surface area contributed by atoms with Crippen LogP contribution in [0.4, 0.5) is 0 Å². The Morgan fingerprint density at radius 1 is 1.00 bits per heavy atom. The molecular weight excluding hydrogens is 442 g/mol. The summed E-state index contributed by atoms with van der Waals surface area (Å²) in [5.41, 5.74) is 1.09. The summed E-state index contributed by atoms with van der Waals surface area (Å²) >= 11 is 6.07. The zero-order valence-electron chi connectivity index (χ0n) is 19.3. The number of unbranched alkanes of at least 4 members (excludes halogenated alkanes) is 2. The standard InChI is InChI=1S/C26H30ClNO5/c1-4-7-8-15-28-23(17-9-11-18(27)12-10-17)22(25(30)26(28)31)24(29)20-14-13-19(32-5-2)16-21(20)33-6-3/h9-14,16,23,29H,4-8,15H2,1-3H3/b24-22-. The molecule has 1 aliphatic rings. The molecule has 0 aliphatic carbocycles. The Morgan fingerprint density at radius 3 is 2.33 bits per heavy atom. The molecule has 1 atom stereocenters. The summed E-state index contributed by atoms with van der Waals surface area (Å²) < 4.78 is 11.3. The number of likely N-dealkylation sites (tertiary alicyclic amines) is 1. The van der Waals surface area contributed by atoms with Crippen LogP contribution in [0, 0.1) is 0 Å². The molecule has 0 aromatic heterocycles. The summed E-state index contributed by atoms with van der Waals surface area (Å²) in [6, 6.07) is 11.3. The minimum atomic E-state index is -0.708. The molecule has 33 heavy (non-hydrogen) atoms. The number of ketones is 1. The van der Waals surface area contributed by atoms with Gasteiger partial charge in [0.1, 0.15) is 17.3 Å². The van der Waals surface area contributed by atoms with Gasteiger partial charge in [-0.25, -0.2) is 0 Å². The summed E-state index contributed by atoms with van der Waals surface area (Å²) in [6.45, 7) is 7.05. The minimum absolute atomic E-state index is 0.0453. The summed E-state index contributed by atoms with van der Waals surface area (Å²) in [4.78, 5) is 27.7. The molecule has 0 saturated carbocycles. The molecule has 1 fully saturated rings. The number of aliphatic hydroxyl groups excluding tert-OH is 1. The van der Waals surface area contributed by atoms with E-state index < -0.39 is 17.7 Å². The maximum Gasteiger partial charge on any atom is 0.295 e. The maximum atomic E-state index is 13.2. The van der Waals surface area contributed by atoms with Crippen LogP contribution in [-0.2, 0) is 9.59 Å². The summed E-state index contributed by atoms with van der Waals surface area (Å²) in [5.74, 6) is -0.616. The van der Waals surface area contributed by atoms with Crippen LogP contribution in [0.1, 0.15) is 57.2 Å². The Hall–Kier alpha value is -2.99. The third-order valence-electron chi connectivity index (χ3n) is 5.55. The highest BCUT2D eigenvalue weighted by molar-refractivity contribution is 6.46. The van der Waals surface area contributed by atoms with Crippen molar-refractivity contribution in [1.29, 1.82) is 0 Å². The molecule has 1 heterocycles. The largest absolute Gasteiger partial charge is 0.507 e. The number of carbonyl (C=O) groups is 2. The van der Waals surface area contributed by atoms with Gasteiger partial charge in [-0.1, -0.05) is 43.5 Å². The molecule has 2 aromatic rings. The van der Waals surface area contributed by atoms with Gasteiger partial charge >= 0.3 is 0 Å². The first-order valence-corrected chi connectivity index (χ1v) is 11.7. The molecule has 7 heteroatoms. The molecule has 6 nitrogen and oxygen atoms in total. The number of amides is 1. The summed E-state index contributed by atoms with van der Waals surface area (Å²) in [7, 11) is 0. The lowest BCUT2D eigenvalue weighted by atomic mass is 9.95. The van der Waals surface area contributed by atoms with E-state index in [1.54, 1.807) is 47.4 Å². The average Bonchev–Trinajstić information content (AvgIpc) is 3.05. The lowest BCUT2D eigenvalue weighted by Gasteiger charge is -2.25. The zero-order valence-corrected chi connectivity index (χ0v) is 20.0. The highest BCUT2D eigenvalue weighted by Gasteiger charge is 2.46. The van der Waals surface area contributed by atoms with Gasteiger partial charge < -0.3 is 19.5 Å². The number of rotatable bonds is 10. The molecular formula is C26H30ClNO5. The van der Waals surface area contributed by atoms with E-state index in [-0.39, 0.29) is 11.3 Å². The van der Waals surface area contributed by atoms with Crippen molar-refractivity contribution < 1.29 is 24.2 Å². The Bertz CT molecular complexity index is 1030. The summed E-state index contributed by atoms with van der Waals surface area (Å²) in [5, 5.41) is 11.9. The second-order valence-corrected chi connectivity index (χ2v) is 8.21. The quantitative estimate of drug-likeness (QED) is 0.206. The molecule has 1 unspecified atom stereocenters. The first-order valence-electron chi connectivity index (χ1n) is 11.4. The molecule has 1 N–H and O–H groups in total. The van der Waals surface area contributed by atoms with Gasteiger partial charge in [-0.3, -0.25) is 9.59 Å². The van der Waals surface area contributed by atoms with Gasteiger partial charge in [-0.05, 0) is 50.1 Å². The van der Waals surface area contributed by atoms with Crippen molar-refractivity contribution in [3.05, 3.63) is 64.2 Å². The number of ether oxygens (including phenoxy) is 2. The third-order valence-corrected chi connectivity index (χ3v) is 5.80. The van der Waals surface area contributed by atoms with Crippen LogP contribution < -0.4 is 9.47 Å². The Kier molecular flexibility index (Phi) is 8.39. The van der Waals surface area contributed by atoms with Gasteiger partial charge in [0.15, 0.2) is 0 Å². The number of nitrogens with zero attached hydrogens (tertiary/aromatic N) is 1. The van der Waals surface area contributed by atoms with Gasteiger partial charge in [0.25, 0.3) is 11.7 Å². The van der Waals surface area contributed by atoms with Crippen LogP contribution in [0.15, 0.2) is 48.0 Å². The molecule has 0 bridgehead atoms. The Morgan fingerprint density at radius 2 is 1.70 bits per heavy atom. The van der Waals surface area contributed by atoms with Crippen molar-refractivity contribution in [2.75, 3.05) is 19.8 Å². The van der Waals surface area contributed by atoms with Crippen molar-refractivity contribution in [3.8, 4) is 11.5 Å². The van der Waals surface area contributed by atoms with Crippen LogP contribution >= 0.6 is 11.6 Å². The van der Waals surface area contributed by atoms with E-state index in [1.165, 1.54) is 0 Å². The number of hydrogen-bond acceptors (Lipinski definition) is 5. The molecule has 3 rings (SSSR count). The fraction of sp³-hybridized carbons (Fsp3) is 0.385. The number of hydrogen-bond donors (Lipinski definition) is 1. The van der Waals surface area contributed by atoms with Crippen LogP contribution in [-0.4, -0.2) is 41.5 Å². The predicted octanol–water partition coefficient (Wildman–Crippen LogP) is 5.75.